The zero-order valence-corrected chi connectivity index (χ0v) is 10.0. The number of rotatable bonds is 5. The zero-order chi connectivity index (χ0) is 9.68. The van der Waals surface area contributed by atoms with E-state index >= 15 is 0 Å². The van der Waals surface area contributed by atoms with Gasteiger partial charge in [0, 0.05) is 11.9 Å². The predicted octanol–water partition coefficient (Wildman–Crippen LogP) is 2.74. The van der Waals surface area contributed by atoms with Crippen LogP contribution in [-0.2, 0) is 9.47 Å². The van der Waals surface area contributed by atoms with E-state index in [0.717, 1.165) is 19.4 Å². The van der Waals surface area contributed by atoms with E-state index in [1.807, 2.05) is 0 Å². The lowest BCUT2D eigenvalue weighted by Crippen LogP contribution is -2.13. The van der Waals surface area contributed by atoms with Crippen LogP contribution in [0, 0.1) is 0 Å². The molecule has 0 N–H and O–H groups in total. The summed E-state index contributed by atoms with van der Waals surface area (Å²) in [5.74, 6) is 0. The summed E-state index contributed by atoms with van der Waals surface area (Å²) < 4.78 is 10.8. The second-order valence-electron chi connectivity index (χ2n) is 3.78. The van der Waals surface area contributed by atoms with Gasteiger partial charge in [0.15, 0.2) is 0 Å². The largest absolute Gasteiger partial charge is 0.384 e. The predicted molar refractivity (Wildman–Crippen MR) is 57.4 cm³/mol. The van der Waals surface area contributed by atoms with Crippen LogP contribution in [-0.4, -0.2) is 30.8 Å². The molecule has 0 aromatic carbocycles. The maximum Gasteiger partial charge on any atom is 0.0587 e. The van der Waals surface area contributed by atoms with Gasteiger partial charge in [-0.25, -0.2) is 0 Å². The minimum absolute atomic E-state index is 0.473. The smallest absolute Gasteiger partial charge is 0.0587 e. The molecule has 0 amide bonds. The first-order valence-electron chi connectivity index (χ1n) is 5.01. The van der Waals surface area contributed by atoms with E-state index in [2.05, 4.69) is 22.9 Å². The molecular formula is C10H19BrO2. The topological polar surface area (TPSA) is 18.5 Å². The van der Waals surface area contributed by atoms with Crippen molar-refractivity contribution >= 4 is 15.9 Å². The fourth-order valence-corrected chi connectivity index (χ4v) is 2.26. The summed E-state index contributed by atoms with van der Waals surface area (Å²) in [5, 5.41) is 0. The van der Waals surface area contributed by atoms with Gasteiger partial charge >= 0.3 is 0 Å². The minimum atomic E-state index is 0.473. The molecule has 0 aromatic heterocycles. The molecule has 0 spiro atoms. The maximum absolute atomic E-state index is 5.73. The van der Waals surface area contributed by atoms with E-state index in [1.54, 1.807) is 7.11 Å². The Balaban J connectivity index is 2.05. The number of ether oxygens (including phenoxy) is 2. The second kappa shape index (κ2) is 5.99. The van der Waals surface area contributed by atoms with Crippen LogP contribution in [0.2, 0.25) is 0 Å². The normalized spacial score (nSPS) is 30.7. The van der Waals surface area contributed by atoms with Crippen LogP contribution >= 0.6 is 15.9 Å². The standard InChI is InChI=1S/C10H19BrO2/c1-8-3-5-10(13-8)6-4-9(11)7-12-2/h8-10H,3-7H2,1-2H3. The molecule has 3 atom stereocenters. The molecule has 1 rings (SSSR count). The van der Waals surface area contributed by atoms with Gasteiger partial charge in [-0.05, 0) is 32.6 Å². The molecule has 78 valence electrons. The first-order chi connectivity index (χ1) is 6.22. The van der Waals surface area contributed by atoms with E-state index in [-0.39, 0.29) is 0 Å². The number of methoxy groups -OCH3 is 1. The average molecular weight is 251 g/mol. The Morgan fingerprint density at radius 2 is 2.31 bits per heavy atom. The minimum Gasteiger partial charge on any atom is -0.384 e. The van der Waals surface area contributed by atoms with Crippen molar-refractivity contribution < 1.29 is 9.47 Å². The molecule has 13 heavy (non-hydrogen) atoms. The maximum atomic E-state index is 5.73. The molecule has 0 aromatic rings. The van der Waals surface area contributed by atoms with E-state index in [9.17, 15) is 0 Å². The monoisotopic (exact) mass is 250 g/mol. The SMILES string of the molecule is COCC(Br)CCC1CCC(C)O1. The lowest BCUT2D eigenvalue weighted by Gasteiger charge is -2.13. The number of halogens is 1. The van der Waals surface area contributed by atoms with Gasteiger partial charge in [0.25, 0.3) is 0 Å². The highest BCUT2D eigenvalue weighted by Gasteiger charge is 2.21. The molecule has 0 saturated carbocycles. The zero-order valence-electron chi connectivity index (χ0n) is 8.46. The van der Waals surface area contributed by atoms with Gasteiger partial charge in [-0.2, -0.15) is 0 Å². The van der Waals surface area contributed by atoms with E-state index < -0.39 is 0 Å². The highest BCUT2D eigenvalue weighted by Crippen LogP contribution is 2.24. The van der Waals surface area contributed by atoms with Crippen molar-refractivity contribution in [1.82, 2.24) is 0 Å². The number of hydrogen-bond acceptors (Lipinski definition) is 2. The van der Waals surface area contributed by atoms with Gasteiger partial charge in [-0.1, -0.05) is 15.9 Å². The Kier molecular flexibility index (Phi) is 5.29. The first-order valence-corrected chi connectivity index (χ1v) is 5.92. The van der Waals surface area contributed by atoms with Crippen molar-refractivity contribution in [3.63, 3.8) is 0 Å². The molecule has 1 heterocycles. The first kappa shape index (κ1) is 11.5. The molecule has 1 saturated heterocycles. The van der Waals surface area contributed by atoms with Crippen molar-refractivity contribution in [2.45, 2.75) is 49.6 Å². The molecule has 3 heteroatoms. The molecule has 1 aliphatic heterocycles. The van der Waals surface area contributed by atoms with Crippen LogP contribution < -0.4 is 0 Å². The highest BCUT2D eigenvalue weighted by molar-refractivity contribution is 9.09. The van der Waals surface area contributed by atoms with Crippen LogP contribution in [0.15, 0.2) is 0 Å². The molecule has 1 aliphatic rings. The van der Waals surface area contributed by atoms with E-state index in [1.165, 1.54) is 12.8 Å². The lowest BCUT2D eigenvalue weighted by atomic mass is 10.1. The third-order valence-corrected chi connectivity index (χ3v) is 3.19. The molecular weight excluding hydrogens is 232 g/mol. The van der Waals surface area contributed by atoms with Gasteiger partial charge in [0.2, 0.25) is 0 Å². The Morgan fingerprint density at radius 3 is 2.85 bits per heavy atom. The third kappa shape index (κ3) is 4.43. The van der Waals surface area contributed by atoms with Crippen molar-refractivity contribution in [1.29, 1.82) is 0 Å². The lowest BCUT2D eigenvalue weighted by molar-refractivity contribution is 0.0487. The molecule has 0 bridgehead atoms. The summed E-state index contributed by atoms with van der Waals surface area (Å²) in [4.78, 5) is 0.483. The summed E-state index contributed by atoms with van der Waals surface area (Å²) in [5.41, 5.74) is 0. The summed E-state index contributed by atoms with van der Waals surface area (Å²) in [6.45, 7) is 2.95. The van der Waals surface area contributed by atoms with Gasteiger partial charge in [0.05, 0.1) is 18.8 Å². The highest BCUT2D eigenvalue weighted by atomic mass is 79.9. The van der Waals surface area contributed by atoms with Crippen molar-refractivity contribution in [2.24, 2.45) is 0 Å². The Hall–Kier alpha value is 0.400. The van der Waals surface area contributed by atoms with Gasteiger partial charge in [-0.15, -0.1) is 0 Å². The molecule has 3 unspecified atom stereocenters. The van der Waals surface area contributed by atoms with Crippen LogP contribution in [0.1, 0.15) is 32.6 Å². The molecule has 2 nitrogen and oxygen atoms in total. The van der Waals surface area contributed by atoms with Crippen molar-refractivity contribution in [3.8, 4) is 0 Å². The molecule has 0 aliphatic carbocycles. The quantitative estimate of drug-likeness (QED) is 0.699. The van der Waals surface area contributed by atoms with Gasteiger partial charge in [0.1, 0.15) is 0 Å². The van der Waals surface area contributed by atoms with Gasteiger partial charge in [-0.3, -0.25) is 0 Å². The summed E-state index contributed by atoms with van der Waals surface area (Å²) in [6, 6.07) is 0. The Bertz CT molecular complexity index is 141. The van der Waals surface area contributed by atoms with Crippen LogP contribution in [0.25, 0.3) is 0 Å². The number of alkyl halides is 1. The number of hydrogen-bond donors (Lipinski definition) is 0. The second-order valence-corrected chi connectivity index (χ2v) is 5.07. The molecule has 0 radical (unpaired) electrons. The Morgan fingerprint density at radius 1 is 1.54 bits per heavy atom. The van der Waals surface area contributed by atoms with E-state index in [4.69, 9.17) is 9.47 Å². The fourth-order valence-electron chi connectivity index (χ4n) is 1.73. The van der Waals surface area contributed by atoms with Crippen LogP contribution in [0.3, 0.4) is 0 Å². The third-order valence-electron chi connectivity index (χ3n) is 2.47. The van der Waals surface area contributed by atoms with Gasteiger partial charge < -0.3 is 9.47 Å². The van der Waals surface area contributed by atoms with Crippen LogP contribution in [0.4, 0.5) is 0 Å². The van der Waals surface area contributed by atoms with Crippen molar-refractivity contribution in [2.75, 3.05) is 13.7 Å². The van der Waals surface area contributed by atoms with Crippen molar-refractivity contribution in [3.05, 3.63) is 0 Å². The molecule has 1 fully saturated rings. The van der Waals surface area contributed by atoms with E-state index in [0.29, 0.717) is 17.0 Å². The summed E-state index contributed by atoms with van der Waals surface area (Å²) in [6.07, 6.45) is 5.72. The Labute approximate surface area is 89.1 Å². The fraction of sp³-hybridized carbons (Fsp3) is 1.00. The summed E-state index contributed by atoms with van der Waals surface area (Å²) in [7, 11) is 1.74. The summed E-state index contributed by atoms with van der Waals surface area (Å²) >= 11 is 3.58. The average Bonchev–Trinajstić information content (AvgIpc) is 2.49. The van der Waals surface area contributed by atoms with Crippen LogP contribution in [0.5, 0.6) is 0 Å².